The van der Waals surface area contributed by atoms with E-state index in [1.807, 2.05) is 91.4 Å². The molecule has 45 heavy (non-hydrogen) atoms. The van der Waals surface area contributed by atoms with Crippen molar-refractivity contribution in [2.75, 3.05) is 0 Å². The monoisotopic (exact) mass is 586 g/mol. The van der Waals surface area contributed by atoms with E-state index in [0.717, 1.165) is 17.1 Å². The third-order valence-corrected chi connectivity index (χ3v) is 6.60. The smallest absolute Gasteiger partial charge is 0.0701 e. The second kappa shape index (κ2) is 18.0. The summed E-state index contributed by atoms with van der Waals surface area (Å²) >= 11 is 0. The first-order chi connectivity index (χ1) is 22.1. The van der Waals surface area contributed by atoms with Gasteiger partial charge >= 0.3 is 0 Å². The van der Waals surface area contributed by atoms with Gasteiger partial charge in [-0.2, -0.15) is 0 Å². The van der Waals surface area contributed by atoms with E-state index in [0.29, 0.717) is 0 Å². The van der Waals surface area contributed by atoms with Crippen molar-refractivity contribution in [3.05, 3.63) is 193 Å². The van der Waals surface area contributed by atoms with Crippen LogP contribution in [0.1, 0.15) is 16.7 Å². The van der Waals surface area contributed by atoms with Gasteiger partial charge in [-0.1, -0.05) is 114 Å². The van der Waals surface area contributed by atoms with Gasteiger partial charge in [0, 0.05) is 47.7 Å². The zero-order chi connectivity index (χ0) is 31.5. The zero-order valence-electron chi connectivity index (χ0n) is 26.0. The Labute approximate surface area is 267 Å². The fourth-order valence-electron chi connectivity index (χ4n) is 4.09. The van der Waals surface area contributed by atoms with Crippen molar-refractivity contribution in [3.8, 4) is 33.8 Å². The van der Waals surface area contributed by atoms with Crippen molar-refractivity contribution >= 4 is 0 Å². The molecular formula is C41H38N4. The summed E-state index contributed by atoms with van der Waals surface area (Å²) in [7, 11) is 0. The van der Waals surface area contributed by atoms with Gasteiger partial charge in [0.25, 0.3) is 0 Å². The molecule has 0 spiro atoms. The van der Waals surface area contributed by atoms with Crippen LogP contribution in [0.5, 0.6) is 0 Å². The molecule has 0 unspecified atom stereocenters. The molecule has 0 saturated carbocycles. The van der Waals surface area contributed by atoms with E-state index in [2.05, 4.69) is 114 Å². The highest BCUT2D eigenvalue weighted by atomic mass is 14.7. The van der Waals surface area contributed by atoms with Crippen LogP contribution in [0.15, 0.2) is 177 Å². The Balaban J connectivity index is 0.000000141. The Hall–Kier alpha value is -5.74. The number of aromatic nitrogens is 4. The van der Waals surface area contributed by atoms with E-state index >= 15 is 0 Å². The molecule has 4 aromatic heterocycles. The third-order valence-electron chi connectivity index (χ3n) is 6.60. The SMILES string of the molecule is Cc1ccc(-c2ccccn2)cc1.Cc1ccc(-c2ccccn2)cc1.Cc1ccc(-c2ccccn2)cc1.c1ccncc1. The molecule has 7 aromatic rings. The van der Waals surface area contributed by atoms with Crippen LogP contribution in [-0.2, 0) is 0 Å². The van der Waals surface area contributed by atoms with Crippen LogP contribution >= 0.6 is 0 Å². The number of nitrogens with zero attached hydrogens (tertiary/aromatic N) is 4. The van der Waals surface area contributed by atoms with Gasteiger partial charge in [0.05, 0.1) is 17.1 Å². The van der Waals surface area contributed by atoms with Crippen molar-refractivity contribution in [1.82, 2.24) is 19.9 Å². The average molecular weight is 587 g/mol. The predicted molar refractivity (Wildman–Crippen MR) is 187 cm³/mol. The van der Waals surface area contributed by atoms with Gasteiger partial charge in [-0.3, -0.25) is 19.9 Å². The summed E-state index contributed by atoms with van der Waals surface area (Å²) in [6.45, 7) is 6.26. The molecule has 4 heteroatoms. The lowest BCUT2D eigenvalue weighted by Gasteiger charge is -1.99. The van der Waals surface area contributed by atoms with Crippen LogP contribution in [-0.4, -0.2) is 19.9 Å². The Morgan fingerprint density at radius 2 is 0.578 bits per heavy atom. The molecule has 0 atom stereocenters. The molecule has 0 amide bonds. The molecule has 4 nitrogen and oxygen atoms in total. The molecule has 0 aliphatic heterocycles. The zero-order valence-corrected chi connectivity index (χ0v) is 26.0. The minimum absolute atomic E-state index is 1.03. The lowest BCUT2D eigenvalue weighted by molar-refractivity contribution is 1.32. The van der Waals surface area contributed by atoms with Gasteiger partial charge in [0.15, 0.2) is 0 Å². The van der Waals surface area contributed by atoms with E-state index in [-0.39, 0.29) is 0 Å². The largest absolute Gasteiger partial charge is 0.265 e. The summed E-state index contributed by atoms with van der Waals surface area (Å²) in [5.74, 6) is 0. The maximum atomic E-state index is 4.28. The lowest BCUT2D eigenvalue weighted by atomic mass is 10.1. The quantitative estimate of drug-likeness (QED) is 0.207. The minimum atomic E-state index is 1.03. The number of pyridine rings is 4. The first-order valence-corrected chi connectivity index (χ1v) is 14.9. The summed E-state index contributed by atoms with van der Waals surface area (Å²) < 4.78 is 0. The Morgan fingerprint density at radius 1 is 0.289 bits per heavy atom. The molecule has 0 N–H and O–H groups in total. The standard InChI is InChI=1S/3C12H11N.C5H5N/c3*1-10-5-7-11(8-6-10)12-4-2-3-9-13-12;1-2-4-6-5-3-1/h3*2-9H,1H3;1-5H. The van der Waals surface area contributed by atoms with E-state index < -0.39 is 0 Å². The molecule has 0 aliphatic rings. The van der Waals surface area contributed by atoms with Crippen molar-refractivity contribution in [2.24, 2.45) is 0 Å². The highest BCUT2D eigenvalue weighted by Gasteiger charge is 1.97. The fraction of sp³-hybridized carbons (Fsp3) is 0.0732. The number of hydrogen-bond acceptors (Lipinski definition) is 4. The summed E-state index contributed by atoms with van der Waals surface area (Å²) in [5, 5.41) is 0. The minimum Gasteiger partial charge on any atom is -0.265 e. The van der Waals surface area contributed by atoms with Crippen LogP contribution in [0.4, 0.5) is 0 Å². The summed E-state index contributed by atoms with van der Waals surface area (Å²) in [6, 6.07) is 48.7. The highest BCUT2D eigenvalue weighted by molar-refractivity contribution is 5.60. The van der Waals surface area contributed by atoms with Crippen LogP contribution in [0.2, 0.25) is 0 Å². The van der Waals surface area contributed by atoms with Gasteiger partial charge in [-0.05, 0) is 69.3 Å². The van der Waals surface area contributed by atoms with Crippen molar-refractivity contribution in [1.29, 1.82) is 0 Å². The number of hydrogen-bond donors (Lipinski definition) is 0. The molecule has 7 rings (SSSR count). The summed E-state index contributed by atoms with van der Waals surface area (Å²) in [4.78, 5) is 16.6. The molecular weight excluding hydrogens is 548 g/mol. The maximum Gasteiger partial charge on any atom is 0.0701 e. The van der Waals surface area contributed by atoms with Gasteiger partial charge < -0.3 is 0 Å². The Morgan fingerprint density at radius 3 is 0.778 bits per heavy atom. The summed E-state index contributed by atoms with van der Waals surface area (Å²) in [5.41, 5.74) is 10.4. The second-order valence-electron chi connectivity index (χ2n) is 10.3. The van der Waals surface area contributed by atoms with Crippen LogP contribution in [0, 0.1) is 20.8 Å². The lowest BCUT2D eigenvalue weighted by Crippen LogP contribution is -1.81. The Bertz CT molecular complexity index is 1540. The Kier molecular flexibility index (Phi) is 12.9. The van der Waals surface area contributed by atoms with E-state index in [1.165, 1.54) is 33.4 Å². The van der Waals surface area contributed by atoms with Gasteiger partial charge in [0.1, 0.15) is 0 Å². The number of rotatable bonds is 3. The first-order valence-electron chi connectivity index (χ1n) is 14.9. The molecule has 4 heterocycles. The molecule has 0 aliphatic carbocycles. The topological polar surface area (TPSA) is 51.6 Å². The molecule has 222 valence electrons. The maximum absolute atomic E-state index is 4.28. The molecule has 0 saturated heterocycles. The molecule has 3 aromatic carbocycles. The van der Waals surface area contributed by atoms with Gasteiger partial charge in [-0.25, -0.2) is 0 Å². The number of aryl methyl sites for hydroxylation is 3. The van der Waals surface area contributed by atoms with Crippen LogP contribution in [0.25, 0.3) is 33.8 Å². The van der Waals surface area contributed by atoms with Crippen molar-refractivity contribution in [3.63, 3.8) is 0 Å². The average Bonchev–Trinajstić information content (AvgIpc) is 3.12. The highest BCUT2D eigenvalue weighted by Crippen LogP contribution is 2.18. The molecule has 0 bridgehead atoms. The molecule has 0 radical (unpaired) electrons. The summed E-state index contributed by atoms with van der Waals surface area (Å²) in [6.07, 6.45) is 8.94. The van der Waals surface area contributed by atoms with E-state index in [4.69, 9.17) is 0 Å². The normalized spacial score (nSPS) is 9.67. The second-order valence-corrected chi connectivity index (χ2v) is 10.3. The van der Waals surface area contributed by atoms with Gasteiger partial charge in [0.2, 0.25) is 0 Å². The fourth-order valence-corrected chi connectivity index (χ4v) is 4.09. The van der Waals surface area contributed by atoms with Crippen LogP contribution < -0.4 is 0 Å². The van der Waals surface area contributed by atoms with Crippen LogP contribution in [0.3, 0.4) is 0 Å². The van der Waals surface area contributed by atoms with Gasteiger partial charge in [-0.15, -0.1) is 0 Å². The first kappa shape index (κ1) is 32.2. The third kappa shape index (κ3) is 11.5. The van der Waals surface area contributed by atoms with Crippen molar-refractivity contribution < 1.29 is 0 Å². The van der Waals surface area contributed by atoms with E-state index in [9.17, 15) is 0 Å². The van der Waals surface area contributed by atoms with E-state index in [1.54, 1.807) is 12.4 Å². The predicted octanol–water partition coefficient (Wildman–Crippen LogP) is 10.3. The number of benzene rings is 3. The van der Waals surface area contributed by atoms with Crippen molar-refractivity contribution in [2.45, 2.75) is 20.8 Å². The molecule has 0 fully saturated rings.